The first-order valence-corrected chi connectivity index (χ1v) is 12.8. The molecule has 0 atom stereocenters. The van der Waals surface area contributed by atoms with Crippen LogP contribution in [0.2, 0.25) is 0 Å². The van der Waals surface area contributed by atoms with Gasteiger partial charge in [0.05, 0.1) is 0 Å². The lowest BCUT2D eigenvalue weighted by Crippen LogP contribution is -2.40. The van der Waals surface area contributed by atoms with E-state index in [0.717, 1.165) is 68.9 Å². The average Bonchev–Trinajstić information content (AvgIpc) is 3.53. The molecule has 1 N–H and O–H groups in total. The van der Waals surface area contributed by atoms with E-state index in [-0.39, 0.29) is 11.8 Å². The van der Waals surface area contributed by atoms with E-state index in [1.807, 2.05) is 9.80 Å². The number of carbonyl (C=O) groups is 2. The molecule has 0 bridgehead atoms. The van der Waals surface area contributed by atoms with Gasteiger partial charge in [0.15, 0.2) is 5.69 Å². The van der Waals surface area contributed by atoms with Crippen LogP contribution in [0.4, 0.5) is 0 Å². The summed E-state index contributed by atoms with van der Waals surface area (Å²) in [6.45, 7) is 2.79. The van der Waals surface area contributed by atoms with E-state index in [1.54, 1.807) is 0 Å². The summed E-state index contributed by atoms with van der Waals surface area (Å²) in [7, 11) is 0. The maximum Gasteiger partial charge on any atom is 0.274 e. The van der Waals surface area contributed by atoms with E-state index >= 15 is 0 Å². The zero-order valence-corrected chi connectivity index (χ0v) is 19.6. The van der Waals surface area contributed by atoms with Crippen molar-refractivity contribution in [3.63, 3.8) is 0 Å². The highest BCUT2D eigenvalue weighted by Gasteiger charge is 2.31. The van der Waals surface area contributed by atoms with Crippen molar-refractivity contribution in [2.75, 3.05) is 19.6 Å². The molecule has 33 heavy (non-hydrogen) atoms. The zero-order chi connectivity index (χ0) is 22.6. The highest BCUT2D eigenvalue weighted by atomic mass is 16.2. The molecule has 5 rings (SSSR count). The minimum atomic E-state index is 0.0194. The summed E-state index contributed by atoms with van der Waals surface area (Å²) in [5, 5.41) is 7.50. The average molecular weight is 449 g/mol. The molecule has 6 nitrogen and oxygen atoms in total. The van der Waals surface area contributed by atoms with Gasteiger partial charge in [0.25, 0.3) is 5.91 Å². The summed E-state index contributed by atoms with van der Waals surface area (Å²) in [6, 6.07) is 10.6. The SMILES string of the molecule is O=C(CCC1CCCC1)N1CCc2[nH]nc(C(=O)N3CCC(Cc4ccccc4)CC3)c2C1. The number of piperidine rings is 1. The number of carbonyl (C=O) groups excluding carboxylic acids is 2. The second-order valence-corrected chi connectivity index (χ2v) is 10.2. The van der Waals surface area contributed by atoms with Gasteiger partial charge in [-0.2, -0.15) is 5.10 Å². The van der Waals surface area contributed by atoms with Crippen LogP contribution in [-0.4, -0.2) is 51.4 Å². The Morgan fingerprint density at radius 3 is 2.45 bits per heavy atom. The number of aromatic amines is 1. The number of benzene rings is 1. The predicted octanol–water partition coefficient (Wildman–Crippen LogP) is 4.36. The van der Waals surface area contributed by atoms with Crippen LogP contribution in [0.1, 0.15) is 78.7 Å². The topological polar surface area (TPSA) is 69.3 Å². The van der Waals surface area contributed by atoms with Gasteiger partial charge < -0.3 is 9.80 Å². The molecular weight excluding hydrogens is 412 g/mol. The Labute approximate surface area is 196 Å². The fourth-order valence-electron chi connectivity index (χ4n) is 5.91. The van der Waals surface area contributed by atoms with E-state index in [2.05, 4.69) is 40.5 Å². The number of nitrogens with zero attached hydrogens (tertiary/aromatic N) is 3. The van der Waals surface area contributed by atoms with Crippen molar-refractivity contribution < 1.29 is 9.59 Å². The summed E-state index contributed by atoms with van der Waals surface area (Å²) >= 11 is 0. The van der Waals surface area contributed by atoms with Crippen LogP contribution in [0, 0.1) is 11.8 Å². The Morgan fingerprint density at radius 1 is 0.939 bits per heavy atom. The maximum absolute atomic E-state index is 13.3. The molecule has 3 heterocycles. The van der Waals surface area contributed by atoms with Gasteiger partial charge in [-0.15, -0.1) is 0 Å². The predicted molar refractivity (Wildman–Crippen MR) is 128 cm³/mol. The van der Waals surface area contributed by atoms with Crippen molar-refractivity contribution in [1.29, 1.82) is 0 Å². The monoisotopic (exact) mass is 448 g/mol. The Hall–Kier alpha value is -2.63. The second kappa shape index (κ2) is 10.1. The summed E-state index contributed by atoms with van der Waals surface area (Å²) in [5.74, 6) is 1.60. The van der Waals surface area contributed by atoms with Crippen molar-refractivity contribution in [2.45, 2.75) is 70.8 Å². The maximum atomic E-state index is 13.3. The summed E-state index contributed by atoms with van der Waals surface area (Å²) in [6.07, 6.45) is 10.7. The molecule has 1 aromatic carbocycles. The number of rotatable bonds is 6. The summed E-state index contributed by atoms with van der Waals surface area (Å²) in [5.41, 5.74) is 3.87. The number of H-pyrrole nitrogens is 1. The number of likely N-dealkylation sites (tertiary alicyclic amines) is 1. The molecule has 2 fully saturated rings. The first kappa shape index (κ1) is 22.2. The molecule has 2 aromatic rings. The molecule has 1 saturated heterocycles. The molecule has 176 valence electrons. The van der Waals surface area contributed by atoms with Crippen LogP contribution < -0.4 is 0 Å². The Balaban J connectivity index is 1.16. The van der Waals surface area contributed by atoms with Crippen LogP contribution >= 0.6 is 0 Å². The highest BCUT2D eigenvalue weighted by Crippen LogP contribution is 2.30. The van der Waals surface area contributed by atoms with Crippen molar-refractivity contribution in [3.8, 4) is 0 Å². The van der Waals surface area contributed by atoms with Crippen LogP contribution in [0.3, 0.4) is 0 Å². The standard InChI is InChI=1S/C27H36N4O2/c32-25(11-10-20-6-4-5-7-20)31-17-14-24-23(19-31)26(29-28-24)27(33)30-15-12-22(13-16-30)18-21-8-2-1-3-9-21/h1-3,8-9,20,22H,4-7,10-19H2,(H,28,29). The van der Waals surface area contributed by atoms with E-state index < -0.39 is 0 Å². The third-order valence-corrected chi connectivity index (χ3v) is 8.00. The lowest BCUT2D eigenvalue weighted by Gasteiger charge is -2.32. The first-order valence-electron chi connectivity index (χ1n) is 12.8. The van der Waals surface area contributed by atoms with Gasteiger partial charge >= 0.3 is 0 Å². The largest absolute Gasteiger partial charge is 0.338 e. The molecule has 1 saturated carbocycles. The van der Waals surface area contributed by atoms with Gasteiger partial charge in [0.2, 0.25) is 5.91 Å². The molecule has 1 aliphatic carbocycles. The second-order valence-electron chi connectivity index (χ2n) is 10.2. The normalized spacial score (nSPS) is 19.6. The number of hydrogen-bond donors (Lipinski definition) is 1. The lowest BCUT2D eigenvalue weighted by molar-refractivity contribution is -0.132. The minimum absolute atomic E-state index is 0.0194. The fraction of sp³-hybridized carbons (Fsp3) is 0.593. The van der Waals surface area contributed by atoms with Gasteiger partial charge in [-0.25, -0.2) is 0 Å². The molecule has 2 amide bonds. The van der Waals surface area contributed by atoms with Gasteiger partial charge in [0, 0.05) is 50.3 Å². The molecule has 6 heteroatoms. The number of nitrogens with one attached hydrogen (secondary N) is 1. The van der Waals surface area contributed by atoms with E-state index in [9.17, 15) is 9.59 Å². The Kier molecular flexibility index (Phi) is 6.79. The summed E-state index contributed by atoms with van der Waals surface area (Å²) in [4.78, 5) is 30.1. The third kappa shape index (κ3) is 5.15. The molecule has 2 aliphatic heterocycles. The first-order chi connectivity index (χ1) is 16.2. The molecular formula is C27H36N4O2. The van der Waals surface area contributed by atoms with Crippen molar-refractivity contribution in [3.05, 3.63) is 52.8 Å². The van der Waals surface area contributed by atoms with Crippen LogP contribution in [0.15, 0.2) is 30.3 Å². The lowest BCUT2D eigenvalue weighted by atomic mass is 9.90. The highest BCUT2D eigenvalue weighted by molar-refractivity contribution is 5.94. The molecule has 0 unspecified atom stereocenters. The van der Waals surface area contributed by atoms with E-state index in [1.165, 1.54) is 31.2 Å². The summed E-state index contributed by atoms with van der Waals surface area (Å²) < 4.78 is 0. The number of aromatic nitrogens is 2. The Morgan fingerprint density at radius 2 is 1.70 bits per heavy atom. The smallest absolute Gasteiger partial charge is 0.274 e. The fourth-order valence-corrected chi connectivity index (χ4v) is 5.91. The van der Waals surface area contributed by atoms with Crippen molar-refractivity contribution in [2.24, 2.45) is 11.8 Å². The van der Waals surface area contributed by atoms with Gasteiger partial charge in [-0.1, -0.05) is 56.0 Å². The molecule has 3 aliphatic rings. The van der Waals surface area contributed by atoms with Gasteiger partial charge in [-0.05, 0) is 43.1 Å². The quantitative estimate of drug-likeness (QED) is 0.714. The zero-order valence-electron chi connectivity index (χ0n) is 19.6. The Bertz CT molecular complexity index is 956. The third-order valence-electron chi connectivity index (χ3n) is 8.00. The van der Waals surface area contributed by atoms with E-state index in [4.69, 9.17) is 0 Å². The number of amides is 2. The molecule has 0 spiro atoms. The minimum Gasteiger partial charge on any atom is -0.338 e. The number of hydrogen-bond acceptors (Lipinski definition) is 3. The van der Waals surface area contributed by atoms with Crippen molar-refractivity contribution in [1.82, 2.24) is 20.0 Å². The molecule has 0 radical (unpaired) electrons. The van der Waals surface area contributed by atoms with Crippen LogP contribution in [-0.2, 0) is 24.2 Å². The van der Waals surface area contributed by atoms with E-state index in [0.29, 0.717) is 24.6 Å². The van der Waals surface area contributed by atoms with Gasteiger partial charge in [0.1, 0.15) is 0 Å². The molecule has 1 aromatic heterocycles. The van der Waals surface area contributed by atoms with Gasteiger partial charge in [-0.3, -0.25) is 14.7 Å². The van der Waals surface area contributed by atoms with Crippen LogP contribution in [0.5, 0.6) is 0 Å². The van der Waals surface area contributed by atoms with Crippen LogP contribution in [0.25, 0.3) is 0 Å². The number of fused-ring (bicyclic) bond motifs is 1. The van der Waals surface area contributed by atoms with Crippen molar-refractivity contribution >= 4 is 11.8 Å².